The Kier molecular flexibility index (Phi) is 5.40. The van der Waals surface area contributed by atoms with Crippen LogP contribution in [0.5, 0.6) is 0 Å². The van der Waals surface area contributed by atoms with Gasteiger partial charge < -0.3 is 11.1 Å². The van der Waals surface area contributed by atoms with Crippen LogP contribution in [0, 0.1) is 6.92 Å². The topological polar surface area (TPSA) is 58.4 Å². The standard InChI is InChI=1S/C15H22ClN3O/c1-11-8-13(16)3-2-12(11)9-18-14-4-6-19(7-5-14)10-15(17)20/h2-3,8,14,18H,4-7,9-10H2,1H3,(H2,17,20). The molecular weight excluding hydrogens is 274 g/mol. The number of hydrogen-bond donors (Lipinski definition) is 2. The molecule has 1 saturated heterocycles. The number of amides is 1. The van der Waals surface area contributed by atoms with Gasteiger partial charge in [-0.25, -0.2) is 0 Å². The number of nitrogens with one attached hydrogen (secondary N) is 1. The van der Waals surface area contributed by atoms with Crippen molar-refractivity contribution in [1.82, 2.24) is 10.2 Å². The molecule has 1 aliphatic heterocycles. The van der Waals surface area contributed by atoms with Crippen molar-refractivity contribution in [3.8, 4) is 0 Å². The summed E-state index contributed by atoms with van der Waals surface area (Å²) in [5.41, 5.74) is 7.72. The van der Waals surface area contributed by atoms with Crippen LogP contribution in [0.3, 0.4) is 0 Å². The van der Waals surface area contributed by atoms with E-state index in [1.54, 1.807) is 0 Å². The van der Waals surface area contributed by atoms with Crippen LogP contribution < -0.4 is 11.1 Å². The number of nitrogens with two attached hydrogens (primary N) is 1. The number of rotatable bonds is 5. The third kappa shape index (κ3) is 4.47. The highest BCUT2D eigenvalue weighted by molar-refractivity contribution is 6.30. The Hall–Kier alpha value is -1.10. The summed E-state index contributed by atoms with van der Waals surface area (Å²) in [4.78, 5) is 13.0. The van der Waals surface area contributed by atoms with Gasteiger partial charge in [0.25, 0.3) is 0 Å². The number of halogens is 1. The van der Waals surface area contributed by atoms with E-state index in [1.807, 2.05) is 12.1 Å². The molecule has 20 heavy (non-hydrogen) atoms. The highest BCUT2D eigenvalue weighted by Gasteiger charge is 2.19. The summed E-state index contributed by atoms with van der Waals surface area (Å²) < 4.78 is 0. The smallest absolute Gasteiger partial charge is 0.231 e. The van der Waals surface area contributed by atoms with Gasteiger partial charge in [-0.15, -0.1) is 0 Å². The van der Waals surface area contributed by atoms with Gasteiger partial charge in [0.1, 0.15) is 0 Å². The highest BCUT2D eigenvalue weighted by Crippen LogP contribution is 2.16. The number of carbonyl (C=O) groups is 1. The Morgan fingerprint density at radius 2 is 2.15 bits per heavy atom. The molecule has 0 radical (unpaired) electrons. The van der Waals surface area contributed by atoms with Crippen LogP contribution in [-0.4, -0.2) is 36.5 Å². The summed E-state index contributed by atoms with van der Waals surface area (Å²) in [7, 11) is 0. The number of aryl methyl sites for hydroxylation is 1. The van der Waals surface area contributed by atoms with E-state index in [0.717, 1.165) is 37.5 Å². The summed E-state index contributed by atoms with van der Waals surface area (Å²) >= 11 is 5.96. The molecular formula is C15H22ClN3O. The number of hydrogen-bond acceptors (Lipinski definition) is 3. The van der Waals surface area contributed by atoms with Gasteiger partial charge in [-0.2, -0.15) is 0 Å². The van der Waals surface area contributed by atoms with Crippen molar-refractivity contribution in [2.24, 2.45) is 5.73 Å². The van der Waals surface area contributed by atoms with Crippen LogP contribution in [0.25, 0.3) is 0 Å². The first kappa shape index (κ1) is 15.3. The fraction of sp³-hybridized carbons (Fsp3) is 0.533. The Morgan fingerprint density at radius 1 is 1.45 bits per heavy atom. The lowest BCUT2D eigenvalue weighted by molar-refractivity contribution is -0.119. The molecule has 1 aromatic carbocycles. The molecule has 0 aromatic heterocycles. The van der Waals surface area contributed by atoms with Gasteiger partial charge in [0.05, 0.1) is 6.54 Å². The van der Waals surface area contributed by atoms with Gasteiger partial charge in [-0.05, 0) is 43.0 Å². The minimum absolute atomic E-state index is 0.242. The van der Waals surface area contributed by atoms with Gasteiger partial charge in [-0.1, -0.05) is 17.7 Å². The molecule has 1 aromatic rings. The minimum Gasteiger partial charge on any atom is -0.369 e. The van der Waals surface area contributed by atoms with Crippen LogP contribution in [0.1, 0.15) is 24.0 Å². The molecule has 1 heterocycles. The third-order valence-corrected chi connectivity index (χ3v) is 4.09. The maximum atomic E-state index is 10.9. The highest BCUT2D eigenvalue weighted by atomic mass is 35.5. The van der Waals surface area contributed by atoms with E-state index in [2.05, 4.69) is 23.2 Å². The number of primary amides is 1. The third-order valence-electron chi connectivity index (χ3n) is 3.85. The molecule has 1 aliphatic rings. The van der Waals surface area contributed by atoms with Crippen molar-refractivity contribution in [2.75, 3.05) is 19.6 Å². The largest absolute Gasteiger partial charge is 0.369 e. The lowest BCUT2D eigenvalue weighted by Gasteiger charge is -2.31. The molecule has 3 N–H and O–H groups in total. The van der Waals surface area contributed by atoms with Gasteiger partial charge in [0.15, 0.2) is 0 Å². The Labute approximate surface area is 125 Å². The van der Waals surface area contributed by atoms with Gasteiger partial charge in [0, 0.05) is 30.7 Å². The molecule has 0 atom stereocenters. The molecule has 4 nitrogen and oxygen atoms in total. The number of likely N-dealkylation sites (tertiary alicyclic amines) is 1. The summed E-state index contributed by atoms with van der Waals surface area (Å²) in [5, 5.41) is 4.37. The fourth-order valence-electron chi connectivity index (χ4n) is 2.63. The summed E-state index contributed by atoms with van der Waals surface area (Å²) in [5.74, 6) is -0.242. The van der Waals surface area contributed by atoms with E-state index >= 15 is 0 Å². The fourth-order valence-corrected chi connectivity index (χ4v) is 2.85. The summed E-state index contributed by atoms with van der Waals surface area (Å²) in [6.07, 6.45) is 2.11. The summed E-state index contributed by atoms with van der Waals surface area (Å²) in [6.45, 7) is 5.19. The predicted octanol–water partition coefficient (Wildman–Crippen LogP) is 1.69. The molecule has 0 saturated carbocycles. The van der Waals surface area contributed by atoms with E-state index in [1.165, 1.54) is 11.1 Å². The molecule has 1 amide bonds. The monoisotopic (exact) mass is 295 g/mol. The molecule has 0 spiro atoms. The second kappa shape index (κ2) is 7.07. The van der Waals surface area contributed by atoms with E-state index < -0.39 is 0 Å². The average molecular weight is 296 g/mol. The Morgan fingerprint density at radius 3 is 2.75 bits per heavy atom. The molecule has 1 fully saturated rings. The lowest BCUT2D eigenvalue weighted by Crippen LogP contribution is -2.45. The van der Waals surface area contributed by atoms with Crippen LogP contribution in [0.15, 0.2) is 18.2 Å². The predicted molar refractivity (Wildman–Crippen MR) is 81.7 cm³/mol. The maximum Gasteiger partial charge on any atom is 0.231 e. The average Bonchev–Trinajstić information content (AvgIpc) is 2.39. The zero-order valence-corrected chi connectivity index (χ0v) is 12.6. The SMILES string of the molecule is Cc1cc(Cl)ccc1CNC1CCN(CC(N)=O)CC1. The first-order chi connectivity index (χ1) is 9.54. The van der Waals surface area contributed by atoms with Crippen LogP contribution in [0.2, 0.25) is 5.02 Å². The normalized spacial score (nSPS) is 17.3. The minimum atomic E-state index is -0.242. The summed E-state index contributed by atoms with van der Waals surface area (Å²) in [6, 6.07) is 6.51. The van der Waals surface area contributed by atoms with Crippen molar-refractivity contribution < 1.29 is 4.79 Å². The van der Waals surface area contributed by atoms with Crippen molar-refractivity contribution in [3.63, 3.8) is 0 Å². The molecule has 0 unspecified atom stereocenters. The van der Waals surface area contributed by atoms with Crippen molar-refractivity contribution in [2.45, 2.75) is 32.4 Å². The maximum absolute atomic E-state index is 10.9. The van der Waals surface area contributed by atoms with E-state index in [4.69, 9.17) is 17.3 Å². The molecule has 5 heteroatoms. The lowest BCUT2D eigenvalue weighted by atomic mass is 10.0. The van der Waals surface area contributed by atoms with Crippen LogP contribution in [0.4, 0.5) is 0 Å². The first-order valence-corrected chi connectivity index (χ1v) is 7.41. The molecule has 0 bridgehead atoms. The van der Waals surface area contributed by atoms with Crippen LogP contribution in [-0.2, 0) is 11.3 Å². The van der Waals surface area contributed by atoms with E-state index in [0.29, 0.717) is 12.6 Å². The van der Waals surface area contributed by atoms with Gasteiger partial charge >= 0.3 is 0 Å². The van der Waals surface area contributed by atoms with Crippen molar-refractivity contribution in [1.29, 1.82) is 0 Å². The Balaban J connectivity index is 1.77. The molecule has 110 valence electrons. The first-order valence-electron chi connectivity index (χ1n) is 7.03. The van der Waals surface area contributed by atoms with Crippen molar-refractivity contribution in [3.05, 3.63) is 34.3 Å². The zero-order chi connectivity index (χ0) is 14.5. The van der Waals surface area contributed by atoms with Gasteiger partial charge in [-0.3, -0.25) is 9.69 Å². The number of nitrogens with zero attached hydrogens (tertiary/aromatic N) is 1. The van der Waals surface area contributed by atoms with Crippen molar-refractivity contribution >= 4 is 17.5 Å². The number of piperidine rings is 1. The second-order valence-electron chi connectivity index (χ2n) is 5.47. The number of carbonyl (C=O) groups excluding carboxylic acids is 1. The Bertz CT molecular complexity index is 470. The van der Waals surface area contributed by atoms with Gasteiger partial charge in [0.2, 0.25) is 5.91 Å². The van der Waals surface area contributed by atoms with Crippen LogP contribution >= 0.6 is 11.6 Å². The second-order valence-corrected chi connectivity index (χ2v) is 5.90. The quantitative estimate of drug-likeness (QED) is 0.869. The zero-order valence-electron chi connectivity index (χ0n) is 11.9. The molecule has 0 aliphatic carbocycles. The van der Waals surface area contributed by atoms with E-state index in [-0.39, 0.29) is 5.91 Å². The molecule has 2 rings (SSSR count). The van der Waals surface area contributed by atoms with E-state index in [9.17, 15) is 4.79 Å². The number of benzene rings is 1.